The molecule has 0 amide bonds. The van der Waals surface area contributed by atoms with E-state index in [0.717, 1.165) is 22.4 Å². The summed E-state index contributed by atoms with van der Waals surface area (Å²) in [5, 5.41) is 9.85. The highest BCUT2D eigenvalue weighted by Gasteiger charge is 2.18. The zero-order chi connectivity index (χ0) is 16.6. The number of carbonyl (C=O) groups is 1. The lowest BCUT2D eigenvalue weighted by Crippen LogP contribution is -2.00. The molecule has 0 saturated heterocycles. The molecule has 3 aromatic rings. The van der Waals surface area contributed by atoms with Gasteiger partial charge in [-0.2, -0.15) is 0 Å². The predicted octanol–water partition coefficient (Wildman–Crippen LogP) is 4.51. The first-order valence-electron chi connectivity index (χ1n) is 7.12. The van der Waals surface area contributed by atoms with Gasteiger partial charge in [-0.3, -0.25) is 4.57 Å². The number of hydrogen-bond acceptors (Lipinski definition) is 2. The molecular weight excluding hydrogens is 312 g/mol. The molecule has 1 N–H and O–H groups in total. The van der Waals surface area contributed by atoms with Crippen LogP contribution in [0.3, 0.4) is 0 Å². The molecule has 0 aliphatic carbocycles. The van der Waals surface area contributed by atoms with Gasteiger partial charge in [0.25, 0.3) is 0 Å². The monoisotopic (exact) mass is 326 g/mol. The van der Waals surface area contributed by atoms with E-state index in [1.54, 1.807) is 4.57 Å². The summed E-state index contributed by atoms with van der Waals surface area (Å²) >= 11 is 6.42. The fraction of sp³-hybridized carbons (Fsp3) is 0.111. The first-order chi connectivity index (χ1) is 11.0. The molecule has 0 unspecified atom stereocenters. The summed E-state index contributed by atoms with van der Waals surface area (Å²) in [5.41, 5.74) is 3.57. The lowest BCUT2D eigenvalue weighted by atomic mass is 10.1. The van der Waals surface area contributed by atoms with Gasteiger partial charge in [-0.15, -0.1) is 0 Å². The van der Waals surface area contributed by atoms with E-state index >= 15 is 0 Å². The van der Waals surface area contributed by atoms with Crippen LogP contribution in [-0.2, 0) is 0 Å². The van der Waals surface area contributed by atoms with Crippen molar-refractivity contribution in [3.63, 3.8) is 0 Å². The molecule has 0 radical (unpaired) electrons. The van der Waals surface area contributed by atoms with E-state index in [1.165, 1.54) is 6.20 Å². The number of aromatic nitrogens is 2. The van der Waals surface area contributed by atoms with Crippen LogP contribution in [0.5, 0.6) is 0 Å². The lowest BCUT2D eigenvalue weighted by Gasteiger charge is -2.13. The van der Waals surface area contributed by atoms with Crippen molar-refractivity contribution >= 4 is 17.6 Å². The third-order valence-electron chi connectivity index (χ3n) is 3.60. The minimum atomic E-state index is -1.07. The number of carboxylic acids is 1. The Kier molecular flexibility index (Phi) is 3.92. The molecule has 0 bridgehead atoms. The third kappa shape index (κ3) is 2.85. The van der Waals surface area contributed by atoms with Gasteiger partial charge < -0.3 is 5.11 Å². The maximum absolute atomic E-state index is 11.3. The van der Waals surface area contributed by atoms with Crippen LogP contribution in [0.25, 0.3) is 17.1 Å². The van der Waals surface area contributed by atoms with E-state index in [4.69, 9.17) is 11.6 Å². The van der Waals surface area contributed by atoms with Crippen molar-refractivity contribution in [3.05, 3.63) is 70.5 Å². The van der Waals surface area contributed by atoms with E-state index in [1.807, 2.05) is 56.3 Å². The number of halogens is 1. The Morgan fingerprint density at radius 1 is 1.17 bits per heavy atom. The average molecular weight is 327 g/mol. The molecular formula is C18H15ClN2O2. The molecule has 0 aliphatic heterocycles. The van der Waals surface area contributed by atoms with Gasteiger partial charge in [0.1, 0.15) is 5.82 Å². The number of nitrogens with zero attached hydrogens (tertiary/aromatic N) is 2. The summed E-state index contributed by atoms with van der Waals surface area (Å²) in [4.78, 5) is 15.6. The first-order valence-corrected chi connectivity index (χ1v) is 7.50. The predicted molar refractivity (Wildman–Crippen MR) is 90.4 cm³/mol. The van der Waals surface area contributed by atoms with E-state index < -0.39 is 5.97 Å². The smallest absolute Gasteiger partial charge is 0.356 e. The fourth-order valence-electron chi connectivity index (χ4n) is 2.66. The van der Waals surface area contributed by atoms with Crippen molar-refractivity contribution in [2.24, 2.45) is 0 Å². The van der Waals surface area contributed by atoms with Gasteiger partial charge >= 0.3 is 5.97 Å². The van der Waals surface area contributed by atoms with Gasteiger partial charge in [-0.05, 0) is 31.0 Å². The summed E-state index contributed by atoms with van der Waals surface area (Å²) in [6, 6.07) is 13.3. The molecule has 4 nitrogen and oxygen atoms in total. The zero-order valence-electron chi connectivity index (χ0n) is 12.7. The number of benzene rings is 2. The average Bonchev–Trinajstić information content (AvgIpc) is 2.92. The number of carboxylic acid groups (broad SMARTS) is 1. The molecule has 1 aromatic heterocycles. The first kappa shape index (κ1) is 15.3. The van der Waals surface area contributed by atoms with Crippen molar-refractivity contribution in [2.45, 2.75) is 13.8 Å². The second-order valence-corrected chi connectivity index (χ2v) is 5.81. The highest BCUT2D eigenvalue weighted by atomic mass is 35.5. The Balaban J connectivity index is 2.29. The standard InChI is InChI=1S/C18H15ClN2O2/c1-11-8-12(2)16(14(19)9-11)21-10-15(18(22)23)20-17(21)13-6-4-3-5-7-13/h3-10H,1-2H3,(H,22,23). The van der Waals surface area contributed by atoms with Crippen LogP contribution in [0, 0.1) is 13.8 Å². The van der Waals surface area contributed by atoms with Crippen molar-refractivity contribution in [2.75, 3.05) is 0 Å². The normalized spacial score (nSPS) is 10.7. The Hall–Kier alpha value is -2.59. The van der Waals surface area contributed by atoms with E-state index in [-0.39, 0.29) is 5.69 Å². The van der Waals surface area contributed by atoms with Crippen LogP contribution in [0.2, 0.25) is 5.02 Å². The Bertz CT molecular complexity index is 862. The number of hydrogen-bond donors (Lipinski definition) is 1. The Labute approximate surface area is 139 Å². The van der Waals surface area contributed by atoms with Gasteiger partial charge in [-0.1, -0.05) is 48.0 Å². The summed E-state index contributed by atoms with van der Waals surface area (Å²) in [5.74, 6) is -0.515. The molecule has 1 heterocycles. The number of aromatic carboxylic acids is 1. The van der Waals surface area contributed by atoms with Gasteiger partial charge in [0.2, 0.25) is 0 Å². The van der Waals surface area contributed by atoms with Gasteiger partial charge in [-0.25, -0.2) is 9.78 Å². The summed E-state index contributed by atoms with van der Waals surface area (Å²) in [6.45, 7) is 3.92. The highest BCUT2D eigenvalue weighted by molar-refractivity contribution is 6.32. The Morgan fingerprint density at radius 3 is 2.48 bits per heavy atom. The fourth-order valence-corrected chi connectivity index (χ4v) is 3.07. The summed E-state index contributed by atoms with van der Waals surface area (Å²) in [7, 11) is 0. The maximum atomic E-state index is 11.3. The zero-order valence-corrected chi connectivity index (χ0v) is 13.5. The van der Waals surface area contributed by atoms with Gasteiger partial charge in [0, 0.05) is 11.8 Å². The van der Waals surface area contributed by atoms with Crippen molar-refractivity contribution < 1.29 is 9.90 Å². The van der Waals surface area contributed by atoms with Crippen molar-refractivity contribution in [3.8, 4) is 17.1 Å². The van der Waals surface area contributed by atoms with Crippen LogP contribution < -0.4 is 0 Å². The van der Waals surface area contributed by atoms with Crippen LogP contribution in [0.4, 0.5) is 0 Å². The lowest BCUT2D eigenvalue weighted by molar-refractivity contribution is 0.0691. The molecule has 2 aromatic carbocycles. The van der Waals surface area contributed by atoms with E-state index in [2.05, 4.69) is 4.98 Å². The molecule has 5 heteroatoms. The quantitative estimate of drug-likeness (QED) is 0.770. The number of rotatable bonds is 3. The molecule has 23 heavy (non-hydrogen) atoms. The van der Waals surface area contributed by atoms with E-state index in [9.17, 15) is 9.90 Å². The molecule has 0 atom stereocenters. The molecule has 0 spiro atoms. The van der Waals surface area contributed by atoms with Crippen LogP contribution in [-0.4, -0.2) is 20.6 Å². The largest absolute Gasteiger partial charge is 0.476 e. The number of aryl methyl sites for hydroxylation is 2. The number of imidazole rings is 1. The van der Waals surface area contributed by atoms with Crippen LogP contribution in [0.15, 0.2) is 48.7 Å². The van der Waals surface area contributed by atoms with Crippen molar-refractivity contribution in [1.82, 2.24) is 9.55 Å². The Morgan fingerprint density at radius 2 is 1.87 bits per heavy atom. The second kappa shape index (κ2) is 5.89. The minimum absolute atomic E-state index is 0.0140. The van der Waals surface area contributed by atoms with Gasteiger partial charge in [0.05, 0.1) is 10.7 Å². The molecule has 3 rings (SSSR count). The van der Waals surface area contributed by atoms with E-state index in [0.29, 0.717) is 10.8 Å². The molecule has 0 fully saturated rings. The second-order valence-electron chi connectivity index (χ2n) is 5.40. The maximum Gasteiger partial charge on any atom is 0.356 e. The van der Waals surface area contributed by atoms with Crippen LogP contribution >= 0.6 is 11.6 Å². The topological polar surface area (TPSA) is 55.1 Å². The van der Waals surface area contributed by atoms with Crippen LogP contribution in [0.1, 0.15) is 21.6 Å². The minimum Gasteiger partial charge on any atom is -0.476 e. The summed E-state index contributed by atoms with van der Waals surface area (Å²) < 4.78 is 1.75. The summed E-state index contributed by atoms with van der Waals surface area (Å²) in [6.07, 6.45) is 1.51. The van der Waals surface area contributed by atoms with Gasteiger partial charge in [0.15, 0.2) is 5.69 Å². The highest BCUT2D eigenvalue weighted by Crippen LogP contribution is 2.31. The molecule has 0 saturated carbocycles. The third-order valence-corrected chi connectivity index (χ3v) is 3.88. The molecule has 116 valence electrons. The SMILES string of the molecule is Cc1cc(C)c(-n2cc(C(=O)O)nc2-c2ccccc2)c(Cl)c1. The molecule has 0 aliphatic rings. The van der Waals surface area contributed by atoms with Crippen molar-refractivity contribution in [1.29, 1.82) is 0 Å².